The third kappa shape index (κ3) is 2.33. The normalized spacial score (nSPS) is 19.2. The second kappa shape index (κ2) is 4.64. The van der Waals surface area contributed by atoms with Gasteiger partial charge in [-0.2, -0.15) is 0 Å². The molecule has 2 nitrogen and oxygen atoms in total. The Morgan fingerprint density at radius 2 is 2.00 bits per heavy atom. The Bertz CT molecular complexity index is 341. The lowest BCUT2D eigenvalue weighted by Gasteiger charge is -2.33. The summed E-state index contributed by atoms with van der Waals surface area (Å²) in [6.07, 6.45) is 3.38. The average molecular weight is 240 g/mol. The summed E-state index contributed by atoms with van der Waals surface area (Å²) in [5, 5.41) is 13.8. The maximum absolute atomic E-state index is 9.61. The molecule has 1 fully saturated rings. The molecule has 2 rings (SSSR count). The van der Waals surface area contributed by atoms with Crippen molar-refractivity contribution in [3.05, 3.63) is 29.3 Å². The summed E-state index contributed by atoms with van der Waals surface area (Å²) in [6, 6.07) is 7.67. The molecule has 0 spiro atoms. The zero-order valence-electron chi connectivity index (χ0n) is 9.54. The number of nitrogens with one attached hydrogen (secondary N) is 1. The number of hydrogen-bond acceptors (Lipinski definition) is 2. The van der Waals surface area contributed by atoms with Crippen LogP contribution < -0.4 is 5.32 Å². The van der Waals surface area contributed by atoms with Crippen molar-refractivity contribution in [3.8, 4) is 0 Å². The molecule has 0 aliphatic heterocycles. The number of anilines is 1. The van der Waals surface area contributed by atoms with Crippen molar-refractivity contribution in [3.63, 3.8) is 0 Å². The second-order valence-electron chi connectivity index (χ2n) is 4.57. The van der Waals surface area contributed by atoms with Gasteiger partial charge in [0.05, 0.1) is 12.1 Å². The van der Waals surface area contributed by atoms with Crippen molar-refractivity contribution in [1.29, 1.82) is 0 Å². The van der Waals surface area contributed by atoms with Gasteiger partial charge in [0.1, 0.15) is 0 Å². The smallest absolute Gasteiger partial charge is 0.0664 e. The van der Waals surface area contributed by atoms with E-state index in [9.17, 15) is 5.11 Å². The number of aliphatic hydroxyl groups is 1. The van der Waals surface area contributed by atoms with E-state index in [0.717, 1.165) is 17.1 Å². The van der Waals surface area contributed by atoms with Crippen LogP contribution in [0.2, 0.25) is 5.02 Å². The van der Waals surface area contributed by atoms with Crippen LogP contribution in [-0.4, -0.2) is 17.3 Å². The van der Waals surface area contributed by atoms with Crippen molar-refractivity contribution >= 4 is 17.3 Å². The largest absolute Gasteiger partial charge is 0.394 e. The highest BCUT2D eigenvalue weighted by Gasteiger charge is 2.43. The molecule has 1 atom stereocenters. The van der Waals surface area contributed by atoms with E-state index in [1.54, 1.807) is 0 Å². The molecule has 0 saturated heterocycles. The van der Waals surface area contributed by atoms with Crippen LogP contribution in [0, 0.1) is 5.92 Å². The highest BCUT2D eigenvalue weighted by Crippen LogP contribution is 2.43. The molecular weight excluding hydrogens is 222 g/mol. The molecule has 88 valence electrons. The topological polar surface area (TPSA) is 32.3 Å². The number of halogens is 1. The van der Waals surface area contributed by atoms with Gasteiger partial charge in [0.25, 0.3) is 0 Å². The molecule has 1 aliphatic rings. The van der Waals surface area contributed by atoms with Gasteiger partial charge in [0.15, 0.2) is 0 Å². The molecule has 2 N–H and O–H groups in total. The third-order valence-corrected chi connectivity index (χ3v) is 3.76. The maximum atomic E-state index is 9.61. The third-order valence-electron chi connectivity index (χ3n) is 3.51. The average Bonchev–Trinajstić information content (AvgIpc) is 3.13. The van der Waals surface area contributed by atoms with Crippen molar-refractivity contribution in [2.45, 2.75) is 31.7 Å². The van der Waals surface area contributed by atoms with E-state index in [-0.39, 0.29) is 12.1 Å². The number of benzene rings is 1. The van der Waals surface area contributed by atoms with Crippen molar-refractivity contribution in [2.24, 2.45) is 5.92 Å². The minimum atomic E-state index is -0.145. The lowest BCUT2D eigenvalue weighted by Crippen LogP contribution is -2.43. The summed E-state index contributed by atoms with van der Waals surface area (Å²) in [6.45, 7) is 2.31. The molecule has 1 aliphatic carbocycles. The fraction of sp³-hybridized carbons (Fsp3) is 0.538. The molecule has 1 unspecified atom stereocenters. The van der Waals surface area contributed by atoms with Crippen LogP contribution in [0.25, 0.3) is 0 Å². The van der Waals surface area contributed by atoms with Crippen LogP contribution in [-0.2, 0) is 0 Å². The first-order chi connectivity index (χ1) is 7.70. The summed E-state index contributed by atoms with van der Waals surface area (Å²) >= 11 is 5.85. The minimum absolute atomic E-state index is 0.145. The van der Waals surface area contributed by atoms with E-state index in [2.05, 4.69) is 12.2 Å². The van der Waals surface area contributed by atoms with Gasteiger partial charge < -0.3 is 10.4 Å². The van der Waals surface area contributed by atoms with Crippen LogP contribution in [0.4, 0.5) is 5.69 Å². The van der Waals surface area contributed by atoms with E-state index >= 15 is 0 Å². The first-order valence-corrected chi connectivity index (χ1v) is 6.22. The molecular formula is C13H18ClNO. The number of aliphatic hydroxyl groups excluding tert-OH is 1. The lowest BCUT2D eigenvalue weighted by molar-refractivity contribution is 0.188. The van der Waals surface area contributed by atoms with Gasteiger partial charge in [0, 0.05) is 10.7 Å². The predicted molar refractivity (Wildman–Crippen MR) is 67.9 cm³/mol. The maximum Gasteiger partial charge on any atom is 0.0664 e. The van der Waals surface area contributed by atoms with Gasteiger partial charge in [0.2, 0.25) is 0 Å². The fourth-order valence-electron chi connectivity index (χ4n) is 2.22. The predicted octanol–water partition coefficient (Wildman–Crippen LogP) is 3.30. The van der Waals surface area contributed by atoms with Crippen molar-refractivity contribution in [1.82, 2.24) is 0 Å². The zero-order valence-corrected chi connectivity index (χ0v) is 10.3. The van der Waals surface area contributed by atoms with E-state index < -0.39 is 0 Å². The Balaban J connectivity index is 2.13. The molecule has 0 radical (unpaired) electrons. The van der Waals surface area contributed by atoms with Crippen LogP contribution in [0.1, 0.15) is 26.2 Å². The zero-order chi connectivity index (χ0) is 11.6. The fourth-order valence-corrected chi connectivity index (χ4v) is 2.34. The van der Waals surface area contributed by atoms with Gasteiger partial charge in [-0.3, -0.25) is 0 Å². The van der Waals surface area contributed by atoms with Crippen molar-refractivity contribution < 1.29 is 5.11 Å². The molecule has 3 heteroatoms. The molecule has 0 amide bonds. The van der Waals surface area contributed by atoms with Gasteiger partial charge in [-0.05, 0) is 49.4 Å². The SMILES string of the molecule is CCC(CO)(Nc1ccc(Cl)cc1)C1CC1. The molecule has 0 aromatic heterocycles. The van der Waals surface area contributed by atoms with E-state index in [1.165, 1.54) is 12.8 Å². The summed E-state index contributed by atoms with van der Waals surface area (Å²) in [5.74, 6) is 0.609. The first-order valence-electron chi connectivity index (χ1n) is 5.85. The van der Waals surface area contributed by atoms with E-state index in [1.807, 2.05) is 24.3 Å². The number of hydrogen-bond donors (Lipinski definition) is 2. The molecule has 0 bridgehead atoms. The molecule has 16 heavy (non-hydrogen) atoms. The highest BCUT2D eigenvalue weighted by molar-refractivity contribution is 6.30. The number of rotatable bonds is 5. The Hall–Kier alpha value is -0.730. The standard InChI is InChI=1S/C13H18ClNO/c1-2-13(9-16,10-3-4-10)15-12-7-5-11(14)6-8-12/h5-8,10,15-16H,2-4,9H2,1H3. The second-order valence-corrected chi connectivity index (χ2v) is 5.01. The Kier molecular flexibility index (Phi) is 3.41. The van der Waals surface area contributed by atoms with Crippen molar-refractivity contribution in [2.75, 3.05) is 11.9 Å². The monoisotopic (exact) mass is 239 g/mol. The van der Waals surface area contributed by atoms with Crippen LogP contribution in [0.5, 0.6) is 0 Å². The molecule has 1 saturated carbocycles. The van der Waals surface area contributed by atoms with E-state index in [4.69, 9.17) is 11.6 Å². The van der Waals surface area contributed by atoms with Crippen LogP contribution in [0.15, 0.2) is 24.3 Å². The minimum Gasteiger partial charge on any atom is -0.394 e. The Morgan fingerprint density at radius 3 is 2.44 bits per heavy atom. The summed E-state index contributed by atoms with van der Waals surface area (Å²) in [7, 11) is 0. The van der Waals surface area contributed by atoms with Crippen LogP contribution >= 0.6 is 11.6 Å². The lowest BCUT2D eigenvalue weighted by atomic mass is 9.90. The summed E-state index contributed by atoms with van der Waals surface area (Å²) in [4.78, 5) is 0. The molecule has 1 aromatic carbocycles. The summed E-state index contributed by atoms with van der Waals surface area (Å²) in [5.41, 5.74) is 0.889. The van der Waals surface area contributed by atoms with Gasteiger partial charge in [-0.25, -0.2) is 0 Å². The van der Waals surface area contributed by atoms with Gasteiger partial charge in [-0.15, -0.1) is 0 Å². The Morgan fingerprint density at radius 1 is 1.38 bits per heavy atom. The summed E-state index contributed by atoms with van der Waals surface area (Å²) < 4.78 is 0. The van der Waals surface area contributed by atoms with Gasteiger partial charge in [-0.1, -0.05) is 18.5 Å². The highest BCUT2D eigenvalue weighted by atomic mass is 35.5. The van der Waals surface area contributed by atoms with Crippen LogP contribution in [0.3, 0.4) is 0 Å². The Labute approximate surface area is 102 Å². The quantitative estimate of drug-likeness (QED) is 0.827. The molecule has 1 aromatic rings. The first kappa shape index (κ1) is 11.7. The van der Waals surface area contributed by atoms with Gasteiger partial charge >= 0.3 is 0 Å². The molecule has 0 heterocycles. The van der Waals surface area contributed by atoms with E-state index in [0.29, 0.717) is 5.92 Å².